The Morgan fingerprint density at radius 1 is 1.36 bits per heavy atom. The van der Waals surface area contributed by atoms with E-state index in [0.29, 0.717) is 23.9 Å². The van der Waals surface area contributed by atoms with Gasteiger partial charge in [0, 0.05) is 17.7 Å². The van der Waals surface area contributed by atoms with Gasteiger partial charge in [-0.1, -0.05) is 49.1 Å². The minimum Gasteiger partial charge on any atom is -0.298 e. The average molecular weight is 374 g/mol. The van der Waals surface area contributed by atoms with Crippen LogP contribution in [0.15, 0.2) is 29.2 Å². The molecule has 1 aromatic carbocycles. The van der Waals surface area contributed by atoms with Crippen LogP contribution in [-0.4, -0.2) is 26.9 Å². The standard InChI is InChI=1S/C17H18N4O2S2/c1-10(2)9-13-19-20-16(24-13)18-15(23)17-8-7-14(22)21(17)11-5-3-4-6-12(11)25-17/h3-6,10H,7-9H2,1-2H3,(H,18,20,23). The number of hydrogen-bond donors (Lipinski definition) is 1. The molecule has 0 radical (unpaired) electrons. The van der Waals surface area contributed by atoms with Crippen molar-refractivity contribution >= 4 is 45.7 Å². The first-order chi connectivity index (χ1) is 12.0. The van der Waals surface area contributed by atoms with Crippen molar-refractivity contribution in [1.82, 2.24) is 10.2 Å². The molecule has 2 aliphatic heterocycles. The zero-order valence-electron chi connectivity index (χ0n) is 14.0. The van der Waals surface area contributed by atoms with Crippen molar-refractivity contribution in [2.45, 2.75) is 42.9 Å². The van der Waals surface area contributed by atoms with Crippen molar-refractivity contribution in [2.24, 2.45) is 5.92 Å². The number of thioether (sulfide) groups is 1. The summed E-state index contributed by atoms with van der Waals surface area (Å²) in [5.74, 6) is 0.273. The van der Waals surface area contributed by atoms with Gasteiger partial charge in [0.25, 0.3) is 5.91 Å². The second kappa shape index (κ2) is 6.10. The lowest BCUT2D eigenvalue weighted by Crippen LogP contribution is -2.49. The summed E-state index contributed by atoms with van der Waals surface area (Å²) in [6.07, 6.45) is 1.71. The Kier molecular flexibility index (Phi) is 4.04. The molecule has 2 amide bonds. The van der Waals surface area contributed by atoms with E-state index < -0.39 is 4.87 Å². The van der Waals surface area contributed by atoms with Crippen LogP contribution in [0.4, 0.5) is 10.8 Å². The first-order valence-electron chi connectivity index (χ1n) is 8.24. The molecule has 0 aliphatic carbocycles. The summed E-state index contributed by atoms with van der Waals surface area (Å²) < 4.78 is 0. The molecule has 1 N–H and O–H groups in total. The average Bonchev–Trinajstić information content (AvgIpc) is 3.22. The van der Waals surface area contributed by atoms with Gasteiger partial charge in [0.2, 0.25) is 11.0 Å². The van der Waals surface area contributed by atoms with Crippen LogP contribution in [-0.2, 0) is 16.0 Å². The topological polar surface area (TPSA) is 75.2 Å². The highest BCUT2D eigenvalue weighted by Crippen LogP contribution is 2.56. The van der Waals surface area contributed by atoms with Crippen LogP contribution in [0.3, 0.4) is 0 Å². The fraction of sp³-hybridized carbons (Fsp3) is 0.412. The van der Waals surface area contributed by atoms with E-state index in [0.717, 1.165) is 22.0 Å². The summed E-state index contributed by atoms with van der Waals surface area (Å²) in [4.78, 5) is 27.2. The Labute approximate surface area is 154 Å². The van der Waals surface area contributed by atoms with Crippen molar-refractivity contribution in [2.75, 3.05) is 10.2 Å². The zero-order chi connectivity index (χ0) is 17.6. The molecule has 130 valence electrons. The van der Waals surface area contributed by atoms with Gasteiger partial charge in [-0.25, -0.2) is 0 Å². The lowest BCUT2D eigenvalue weighted by Gasteiger charge is -2.29. The highest BCUT2D eigenvalue weighted by molar-refractivity contribution is 8.02. The van der Waals surface area contributed by atoms with Crippen LogP contribution in [0.1, 0.15) is 31.7 Å². The van der Waals surface area contributed by atoms with Gasteiger partial charge in [-0.3, -0.25) is 19.8 Å². The molecule has 0 saturated carbocycles. The first kappa shape index (κ1) is 16.5. The van der Waals surface area contributed by atoms with Crippen molar-refractivity contribution in [3.63, 3.8) is 0 Å². The van der Waals surface area contributed by atoms with E-state index in [9.17, 15) is 9.59 Å². The molecule has 2 aromatic rings. The number of nitrogens with zero attached hydrogens (tertiary/aromatic N) is 3. The minimum absolute atomic E-state index is 0.00893. The normalized spacial score (nSPS) is 21.6. The number of carbonyl (C=O) groups is 2. The van der Waals surface area contributed by atoms with Crippen molar-refractivity contribution < 1.29 is 9.59 Å². The molecule has 1 fully saturated rings. The highest BCUT2D eigenvalue weighted by Gasteiger charge is 2.57. The molecule has 1 saturated heterocycles. The fourth-order valence-electron chi connectivity index (χ4n) is 3.23. The summed E-state index contributed by atoms with van der Waals surface area (Å²) in [5.41, 5.74) is 0.822. The molecule has 0 spiro atoms. The van der Waals surface area contributed by atoms with Crippen molar-refractivity contribution in [3.8, 4) is 0 Å². The SMILES string of the molecule is CC(C)Cc1nnc(NC(=O)C23CCC(=O)N2c2ccccc2S3)s1. The molecule has 2 aliphatic rings. The van der Waals surface area contributed by atoms with E-state index in [2.05, 4.69) is 29.4 Å². The molecule has 1 aromatic heterocycles. The van der Waals surface area contributed by atoms with Crippen LogP contribution in [0.25, 0.3) is 0 Å². The monoisotopic (exact) mass is 374 g/mol. The molecule has 0 bridgehead atoms. The molecule has 6 nitrogen and oxygen atoms in total. The maximum absolute atomic E-state index is 13.1. The predicted octanol–water partition coefficient (Wildman–Crippen LogP) is 3.30. The number of anilines is 2. The quantitative estimate of drug-likeness (QED) is 0.889. The van der Waals surface area contributed by atoms with Gasteiger partial charge < -0.3 is 0 Å². The van der Waals surface area contributed by atoms with Gasteiger partial charge in [0.1, 0.15) is 5.01 Å². The van der Waals surface area contributed by atoms with Crippen LogP contribution < -0.4 is 10.2 Å². The fourth-order valence-corrected chi connectivity index (χ4v) is 5.59. The van der Waals surface area contributed by atoms with Gasteiger partial charge >= 0.3 is 0 Å². The smallest absolute Gasteiger partial charge is 0.263 e. The summed E-state index contributed by atoms with van der Waals surface area (Å²) in [7, 11) is 0. The van der Waals surface area contributed by atoms with Crippen LogP contribution >= 0.6 is 23.1 Å². The highest BCUT2D eigenvalue weighted by atomic mass is 32.2. The second-order valence-corrected chi connectivity index (χ2v) is 9.02. The number of amides is 2. The molecule has 4 rings (SSSR count). The summed E-state index contributed by atoms with van der Waals surface area (Å²) >= 11 is 2.85. The Bertz CT molecular complexity index is 851. The molecule has 25 heavy (non-hydrogen) atoms. The van der Waals surface area contributed by atoms with E-state index in [1.807, 2.05) is 24.3 Å². The molecule has 3 heterocycles. The van der Waals surface area contributed by atoms with Crippen molar-refractivity contribution in [3.05, 3.63) is 29.3 Å². The largest absolute Gasteiger partial charge is 0.298 e. The number of benzene rings is 1. The number of fused-ring (bicyclic) bond motifs is 3. The zero-order valence-corrected chi connectivity index (χ0v) is 15.6. The third-order valence-electron chi connectivity index (χ3n) is 4.30. The van der Waals surface area contributed by atoms with E-state index >= 15 is 0 Å². The number of hydrogen-bond acceptors (Lipinski definition) is 6. The van der Waals surface area contributed by atoms with Gasteiger partial charge in [-0.05, 0) is 24.5 Å². The van der Waals surface area contributed by atoms with E-state index in [1.54, 1.807) is 4.90 Å². The second-order valence-electron chi connectivity index (χ2n) is 6.64. The number of nitrogens with one attached hydrogen (secondary N) is 1. The summed E-state index contributed by atoms with van der Waals surface area (Å²) in [6, 6.07) is 7.66. The molecular weight excluding hydrogens is 356 g/mol. The number of aromatic nitrogens is 2. The number of para-hydroxylation sites is 1. The van der Waals surface area contributed by atoms with Gasteiger partial charge in [0.15, 0.2) is 4.87 Å². The molecule has 8 heteroatoms. The molecule has 1 unspecified atom stereocenters. The third-order valence-corrected chi connectivity index (χ3v) is 6.63. The Hall–Kier alpha value is -1.93. The maximum Gasteiger partial charge on any atom is 0.263 e. The third kappa shape index (κ3) is 2.73. The van der Waals surface area contributed by atoms with E-state index in [1.165, 1.54) is 23.1 Å². The first-order valence-corrected chi connectivity index (χ1v) is 9.88. The lowest BCUT2D eigenvalue weighted by atomic mass is 10.1. The number of carbonyl (C=O) groups excluding carboxylic acids is 2. The predicted molar refractivity (Wildman–Crippen MR) is 98.8 cm³/mol. The minimum atomic E-state index is -0.912. The van der Waals surface area contributed by atoms with Gasteiger partial charge in [-0.2, -0.15) is 0 Å². The van der Waals surface area contributed by atoms with Crippen LogP contribution in [0.5, 0.6) is 0 Å². The Morgan fingerprint density at radius 2 is 2.16 bits per heavy atom. The van der Waals surface area contributed by atoms with Crippen LogP contribution in [0.2, 0.25) is 0 Å². The summed E-state index contributed by atoms with van der Waals surface area (Å²) in [5, 5.41) is 12.5. The lowest BCUT2D eigenvalue weighted by molar-refractivity contribution is -0.121. The number of rotatable bonds is 4. The van der Waals surface area contributed by atoms with Gasteiger partial charge in [0.05, 0.1) is 5.69 Å². The molecular formula is C17H18N4O2S2. The Balaban J connectivity index is 1.59. The van der Waals surface area contributed by atoms with E-state index in [-0.39, 0.29) is 11.8 Å². The van der Waals surface area contributed by atoms with Gasteiger partial charge in [-0.15, -0.1) is 10.2 Å². The molecule has 1 atom stereocenters. The van der Waals surface area contributed by atoms with E-state index in [4.69, 9.17) is 0 Å². The maximum atomic E-state index is 13.1. The summed E-state index contributed by atoms with van der Waals surface area (Å²) in [6.45, 7) is 4.24. The van der Waals surface area contributed by atoms with Crippen molar-refractivity contribution in [1.29, 1.82) is 0 Å². The Morgan fingerprint density at radius 3 is 2.96 bits per heavy atom. The van der Waals surface area contributed by atoms with Crippen LogP contribution in [0, 0.1) is 5.92 Å².